The molecule has 0 amide bonds. The van der Waals surface area contributed by atoms with Gasteiger partial charge in [-0.15, -0.1) is 0 Å². The number of aliphatic hydroxyl groups is 1. The molecule has 1 N–H and O–H groups in total. The van der Waals surface area contributed by atoms with Crippen LogP contribution < -0.4 is 0 Å². The van der Waals surface area contributed by atoms with Crippen LogP contribution in [0.1, 0.15) is 12.7 Å². The molecule has 1 aliphatic heterocycles. The molecule has 2 rings (SSSR count). The van der Waals surface area contributed by atoms with Gasteiger partial charge in [0.1, 0.15) is 5.76 Å². The fourth-order valence-electron chi connectivity index (χ4n) is 2.35. The second kappa shape index (κ2) is 5.90. The number of hydrogen-bond acceptors (Lipinski definition) is 5. The van der Waals surface area contributed by atoms with E-state index in [0.717, 1.165) is 5.76 Å². The van der Waals surface area contributed by atoms with Gasteiger partial charge in [-0.1, -0.05) is 13.0 Å². The molecule has 19 heavy (non-hydrogen) atoms. The number of likely N-dealkylation sites (N-methyl/N-ethyl adjacent to an activating group) is 1. The van der Waals surface area contributed by atoms with E-state index in [-0.39, 0.29) is 17.5 Å². The van der Waals surface area contributed by atoms with E-state index in [1.165, 1.54) is 0 Å². The van der Waals surface area contributed by atoms with Crippen molar-refractivity contribution in [2.75, 3.05) is 24.6 Å². The van der Waals surface area contributed by atoms with E-state index < -0.39 is 15.9 Å². The van der Waals surface area contributed by atoms with Gasteiger partial charge in [0.15, 0.2) is 9.84 Å². The van der Waals surface area contributed by atoms with Crippen molar-refractivity contribution in [2.45, 2.75) is 19.1 Å². The molecule has 1 aliphatic rings. The summed E-state index contributed by atoms with van der Waals surface area (Å²) in [6.07, 6.45) is 4.57. The Balaban J connectivity index is 1.97. The van der Waals surface area contributed by atoms with Crippen molar-refractivity contribution in [3.8, 4) is 0 Å². The molecule has 0 saturated carbocycles. The first kappa shape index (κ1) is 14.3. The first-order valence-electron chi connectivity index (χ1n) is 6.34. The molecule has 5 nitrogen and oxygen atoms in total. The van der Waals surface area contributed by atoms with Crippen LogP contribution in [0, 0.1) is 0 Å². The van der Waals surface area contributed by atoms with Crippen molar-refractivity contribution in [3.63, 3.8) is 0 Å². The Kier molecular flexibility index (Phi) is 4.44. The Labute approximate surface area is 113 Å². The maximum atomic E-state index is 11.5. The Morgan fingerprint density at radius 3 is 2.84 bits per heavy atom. The van der Waals surface area contributed by atoms with Crippen LogP contribution in [-0.2, 0) is 9.84 Å². The number of rotatable bonds is 5. The number of nitrogens with zero attached hydrogens (tertiary/aromatic N) is 1. The molecule has 0 spiro atoms. The zero-order chi connectivity index (χ0) is 13.9. The third-order valence-electron chi connectivity index (χ3n) is 3.33. The molecule has 106 valence electrons. The average Bonchev–Trinajstić information content (AvgIpc) is 2.93. The van der Waals surface area contributed by atoms with Crippen molar-refractivity contribution in [1.29, 1.82) is 0 Å². The highest BCUT2D eigenvalue weighted by Crippen LogP contribution is 2.18. The van der Waals surface area contributed by atoms with Crippen LogP contribution in [-0.4, -0.2) is 55.2 Å². The van der Waals surface area contributed by atoms with Crippen LogP contribution in [0.15, 0.2) is 28.9 Å². The lowest BCUT2D eigenvalue weighted by atomic mass is 10.2. The van der Waals surface area contributed by atoms with E-state index in [0.29, 0.717) is 13.1 Å². The number of aliphatic hydroxyl groups excluding tert-OH is 1. The standard InChI is InChI=1S/C13H19NO4S/c1-2-14(7-3-5-11-6-4-8-18-11)12-9-19(16,17)10-13(12)15/h3-6,8,12-13,15H,2,7,9-10H2,1H3/b5-3+/t12-,13-/m0/s1. The number of hydrogen-bond donors (Lipinski definition) is 1. The third-order valence-corrected chi connectivity index (χ3v) is 5.03. The van der Waals surface area contributed by atoms with Crippen LogP contribution in [0.5, 0.6) is 0 Å². The summed E-state index contributed by atoms with van der Waals surface area (Å²) < 4.78 is 28.2. The third kappa shape index (κ3) is 3.68. The van der Waals surface area contributed by atoms with Gasteiger partial charge in [0.2, 0.25) is 0 Å². The largest absolute Gasteiger partial charge is 0.465 e. The molecule has 1 saturated heterocycles. The second-order valence-corrected chi connectivity index (χ2v) is 6.87. The van der Waals surface area contributed by atoms with E-state index in [9.17, 15) is 13.5 Å². The fourth-order valence-corrected chi connectivity index (χ4v) is 4.18. The van der Waals surface area contributed by atoms with E-state index >= 15 is 0 Å². The first-order valence-corrected chi connectivity index (χ1v) is 8.16. The zero-order valence-corrected chi connectivity index (χ0v) is 11.7. The van der Waals surface area contributed by atoms with Crippen LogP contribution in [0.4, 0.5) is 0 Å². The molecule has 0 aliphatic carbocycles. The Hall–Kier alpha value is -1.11. The Bertz CT molecular complexity index is 521. The lowest BCUT2D eigenvalue weighted by Crippen LogP contribution is -2.43. The molecule has 2 heterocycles. The van der Waals surface area contributed by atoms with Gasteiger partial charge >= 0.3 is 0 Å². The highest BCUT2D eigenvalue weighted by molar-refractivity contribution is 7.91. The Morgan fingerprint density at radius 2 is 2.32 bits per heavy atom. The molecule has 1 aromatic rings. The first-order chi connectivity index (χ1) is 9.02. The summed E-state index contributed by atoms with van der Waals surface area (Å²) >= 11 is 0. The predicted octanol–water partition coefficient (Wildman–Crippen LogP) is 0.773. The summed E-state index contributed by atoms with van der Waals surface area (Å²) in [5.74, 6) is 0.669. The van der Waals surface area contributed by atoms with Gasteiger partial charge in [-0.3, -0.25) is 4.90 Å². The molecular weight excluding hydrogens is 266 g/mol. The predicted molar refractivity (Wildman–Crippen MR) is 73.4 cm³/mol. The minimum absolute atomic E-state index is 0.0383. The van der Waals surface area contributed by atoms with Crippen molar-refractivity contribution in [2.24, 2.45) is 0 Å². The van der Waals surface area contributed by atoms with Gasteiger partial charge in [0.05, 0.1) is 29.9 Å². The van der Waals surface area contributed by atoms with Crippen molar-refractivity contribution < 1.29 is 17.9 Å². The molecule has 0 radical (unpaired) electrons. The summed E-state index contributed by atoms with van der Waals surface area (Å²) in [5.41, 5.74) is 0. The molecule has 0 bridgehead atoms. The fraction of sp³-hybridized carbons (Fsp3) is 0.538. The van der Waals surface area contributed by atoms with Gasteiger partial charge in [0.25, 0.3) is 0 Å². The van der Waals surface area contributed by atoms with Crippen LogP contribution in [0.3, 0.4) is 0 Å². The number of sulfone groups is 1. The quantitative estimate of drug-likeness (QED) is 0.865. The zero-order valence-electron chi connectivity index (χ0n) is 10.9. The van der Waals surface area contributed by atoms with Gasteiger partial charge in [0, 0.05) is 6.54 Å². The molecule has 2 atom stereocenters. The molecular formula is C13H19NO4S. The van der Waals surface area contributed by atoms with Crippen molar-refractivity contribution >= 4 is 15.9 Å². The van der Waals surface area contributed by atoms with E-state index in [1.807, 2.05) is 36.1 Å². The van der Waals surface area contributed by atoms with E-state index in [1.54, 1.807) is 6.26 Å². The van der Waals surface area contributed by atoms with Crippen LogP contribution >= 0.6 is 0 Å². The van der Waals surface area contributed by atoms with E-state index in [2.05, 4.69) is 0 Å². The summed E-state index contributed by atoms with van der Waals surface area (Å²) in [6, 6.07) is 3.35. The smallest absolute Gasteiger partial charge is 0.154 e. The van der Waals surface area contributed by atoms with Crippen LogP contribution in [0.2, 0.25) is 0 Å². The van der Waals surface area contributed by atoms with Gasteiger partial charge < -0.3 is 9.52 Å². The highest BCUT2D eigenvalue weighted by Gasteiger charge is 2.39. The van der Waals surface area contributed by atoms with Gasteiger partial charge in [-0.05, 0) is 24.8 Å². The summed E-state index contributed by atoms with van der Waals surface area (Å²) in [5, 5.41) is 9.85. The molecule has 0 aromatic carbocycles. The second-order valence-electron chi connectivity index (χ2n) is 4.72. The number of furan rings is 1. The average molecular weight is 285 g/mol. The normalized spacial score (nSPS) is 26.5. The van der Waals surface area contributed by atoms with Gasteiger partial charge in [-0.2, -0.15) is 0 Å². The highest BCUT2D eigenvalue weighted by atomic mass is 32.2. The monoisotopic (exact) mass is 285 g/mol. The van der Waals surface area contributed by atoms with Crippen LogP contribution in [0.25, 0.3) is 6.08 Å². The van der Waals surface area contributed by atoms with Crippen molar-refractivity contribution in [3.05, 3.63) is 30.2 Å². The summed E-state index contributed by atoms with van der Waals surface area (Å²) in [6.45, 7) is 3.24. The van der Waals surface area contributed by atoms with Gasteiger partial charge in [-0.25, -0.2) is 8.42 Å². The summed E-state index contributed by atoms with van der Waals surface area (Å²) in [4.78, 5) is 1.97. The van der Waals surface area contributed by atoms with E-state index in [4.69, 9.17) is 4.42 Å². The lowest BCUT2D eigenvalue weighted by Gasteiger charge is -2.27. The molecule has 1 aromatic heterocycles. The summed E-state index contributed by atoms with van der Waals surface area (Å²) in [7, 11) is -3.10. The minimum Gasteiger partial charge on any atom is -0.465 e. The Morgan fingerprint density at radius 1 is 1.53 bits per heavy atom. The maximum absolute atomic E-state index is 11.5. The topological polar surface area (TPSA) is 70.8 Å². The van der Waals surface area contributed by atoms with Crippen molar-refractivity contribution in [1.82, 2.24) is 4.90 Å². The minimum atomic E-state index is -3.10. The lowest BCUT2D eigenvalue weighted by molar-refractivity contribution is 0.0941. The maximum Gasteiger partial charge on any atom is 0.154 e. The molecule has 0 unspecified atom stereocenters. The molecule has 1 fully saturated rings. The SMILES string of the molecule is CCN(C/C=C/c1ccco1)[C@H]1CS(=O)(=O)C[C@@H]1O. The molecule has 6 heteroatoms.